The smallest absolute Gasteiger partial charge is 0.234 e. The zero-order valence-electron chi connectivity index (χ0n) is 12.6. The highest BCUT2D eigenvalue weighted by atomic mass is 32.1. The van der Waals surface area contributed by atoms with Crippen molar-refractivity contribution < 1.29 is 9.59 Å². The summed E-state index contributed by atoms with van der Waals surface area (Å²) in [6, 6.07) is 13.7. The Hall–Kier alpha value is -2.53. The van der Waals surface area contributed by atoms with Crippen LogP contribution in [-0.4, -0.2) is 16.8 Å². The zero-order chi connectivity index (χ0) is 16.0. The van der Waals surface area contributed by atoms with Gasteiger partial charge in [-0.2, -0.15) is 0 Å². The fourth-order valence-electron chi connectivity index (χ4n) is 2.77. The highest BCUT2D eigenvalue weighted by Gasteiger charge is 2.30. The summed E-state index contributed by atoms with van der Waals surface area (Å²) in [6.45, 7) is 2.07. The van der Waals surface area contributed by atoms with Gasteiger partial charge in [0.25, 0.3) is 0 Å². The fourth-order valence-corrected chi connectivity index (χ4v) is 3.84. The summed E-state index contributed by atoms with van der Waals surface area (Å²) in [5, 5.41) is 0.941. The van der Waals surface area contributed by atoms with Gasteiger partial charge in [-0.25, -0.2) is 4.98 Å². The van der Waals surface area contributed by atoms with Crippen LogP contribution in [0.3, 0.4) is 0 Å². The first-order chi connectivity index (χ1) is 11.1. The summed E-state index contributed by atoms with van der Waals surface area (Å²) in [6.07, 6.45) is 0.607. The van der Waals surface area contributed by atoms with Crippen LogP contribution in [-0.2, 0) is 9.59 Å². The minimum absolute atomic E-state index is 0.127. The van der Waals surface area contributed by atoms with Gasteiger partial charge in [-0.05, 0) is 48.9 Å². The Kier molecular flexibility index (Phi) is 3.23. The van der Waals surface area contributed by atoms with Gasteiger partial charge in [-0.3, -0.25) is 14.5 Å². The summed E-state index contributed by atoms with van der Waals surface area (Å²) in [5.41, 5.74) is 3.84. The number of rotatable bonds is 2. The zero-order valence-corrected chi connectivity index (χ0v) is 13.4. The van der Waals surface area contributed by atoms with Crippen LogP contribution < -0.4 is 4.90 Å². The normalized spacial score (nSPS) is 14.9. The van der Waals surface area contributed by atoms with Crippen LogP contribution in [0.5, 0.6) is 0 Å². The van der Waals surface area contributed by atoms with Gasteiger partial charge < -0.3 is 0 Å². The molecule has 0 radical (unpaired) electrons. The molecular weight excluding hydrogens is 308 g/mol. The number of carbonyl (C=O) groups excluding carboxylic acids is 2. The molecule has 1 aromatic heterocycles. The van der Waals surface area contributed by atoms with Gasteiger partial charge in [-0.15, -0.1) is 11.3 Å². The number of carbonyl (C=O) groups is 2. The number of imide groups is 1. The van der Waals surface area contributed by atoms with Crippen LogP contribution in [0.2, 0.25) is 0 Å². The first-order valence-corrected chi connectivity index (χ1v) is 8.27. The van der Waals surface area contributed by atoms with E-state index in [9.17, 15) is 9.59 Å². The van der Waals surface area contributed by atoms with Gasteiger partial charge in [0.1, 0.15) is 5.01 Å². The van der Waals surface area contributed by atoms with Crippen LogP contribution in [0.15, 0.2) is 42.5 Å². The van der Waals surface area contributed by atoms with Crippen molar-refractivity contribution >= 4 is 39.1 Å². The molecule has 0 unspecified atom stereocenters. The molecule has 0 atom stereocenters. The molecule has 1 aliphatic heterocycles. The topological polar surface area (TPSA) is 50.3 Å². The Morgan fingerprint density at radius 3 is 2.39 bits per heavy atom. The molecule has 0 aliphatic carbocycles. The molecule has 23 heavy (non-hydrogen) atoms. The predicted molar refractivity (Wildman–Crippen MR) is 91.5 cm³/mol. The maximum absolute atomic E-state index is 11.8. The number of aryl methyl sites for hydroxylation is 1. The number of anilines is 1. The van der Waals surface area contributed by atoms with Crippen LogP contribution in [0.4, 0.5) is 5.69 Å². The van der Waals surface area contributed by atoms with Crippen molar-refractivity contribution in [3.8, 4) is 10.6 Å². The second-order valence-corrected chi connectivity index (χ2v) is 6.69. The molecule has 3 aromatic rings. The number of hydrogen-bond donors (Lipinski definition) is 0. The first-order valence-electron chi connectivity index (χ1n) is 7.45. The number of aromatic nitrogens is 1. The van der Waals surface area contributed by atoms with Crippen molar-refractivity contribution in [3.05, 3.63) is 48.0 Å². The molecule has 4 rings (SSSR count). The Balaban J connectivity index is 1.69. The van der Waals surface area contributed by atoms with Crippen LogP contribution >= 0.6 is 11.3 Å². The van der Waals surface area contributed by atoms with Crippen molar-refractivity contribution in [1.82, 2.24) is 4.98 Å². The third-order valence-corrected chi connectivity index (χ3v) is 5.04. The number of hydrogen-bond acceptors (Lipinski definition) is 4. The van der Waals surface area contributed by atoms with E-state index in [1.807, 2.05) is 30.3 Å². The Bertz CT molecular complexity index is 912. The van der Waals surface area contributed by atoms with Crippen molar-refractivity contribution in [1.29, 1.82) is 0 Å². The van der Waals surface area contributed by atoms with Crippen LogP contribution in [0.1, 0.15) is 18.4 Å². The minimum Gasteiger partial charge on any atom is -0.274 e. The average Bonchev–Trinajstić information content (AvgIpc) is 3.10. The van der Waals surface area contributed by atoms with Crippen LogP contribution in [0.25, 0.3) is 20.8 Å². The highest BCUT2D eigenvalue weighted by Crippen LogP contribution is 2.32. The molecule has 1 saturated heterocycles. The molecule has 114 valence electrons. The molecule has 0 N–H and O–H groups in total. The van der Waals surface area contributed by atoms with Gasteiger partial charge in [0.2, 0.25) is 11.8 Å². The Morgan fingerprint density at radius 1 is 1.00 bits per heavy atom. The first kappa shape index (κ1) is 14.1. The number of benzene rings is 2. The number of fused-ring (bicyclic) bond motifs is 1. The SMILES string of the molecule is Cc1ccc2nc(-c3ccc(N4C(=O)CCC4=O)cc3)sc2c1. The van der Waals surface area contributed by atoms with Crippen LogP contribution in [0, 0.1) is 6.92 Å². The fraction of sp³-hybridized carbons (Fsp3) is 0.167. The summed E-state index contributed by atoms with van der Waals surface area (Å²) in [4.78, 5) is 29.5. The molecule has 2 amide bonds. The van der Waals surface area contributed by atoms with Gasteiger partial charge in [0, 0.05) is 18.4 Å². The summed E-state index contributed by atoms with van der Waals surface area (Å²) in [7, 11) is 0. The Labute approximate surface area is 137 Å². The van der Waals surface area contributed by atoms with E-state index in [0.717, 1.165) is 20.8 Å². The monoisotopic (exact) mass is 322 g/mol. The quantitative estimate of drug-likeness (QED) is 0.672. The molecule has 0 saturated carbocycles. The minimum atomic E-state index is -0.127. The van der Waals surface area contributed by atoms with E-state index >= 15 is 0 Å². The van der Waals surface area contributed by atoms with E-state index in [4.69, 9.17) is 0 Å². The summed E-state index contributed by atoms with van der Waals surface area (Å²) < 4.78 is 1.16. The average molecular weight is 322 g/mol. The maximum atomic E-state index is 11.8. The lowest BCUT2D eigenvalue weighted by molar-refractivity contribution is -0.121. The van der Waals surface area contributed by atoms with Gasteiger partial charge in [-0.1, -0.05) is 6.07 Å². The van der Waals surface area contributed by atoms with Gasteiger partial charge >= 0.3 is 0 Å². The summed E-state index contributed by atoms with van der Waals surface area (Å²) in [5.74, 6) is -0.253. The van der Waals surface area contributed by atoms with E-state index < -0.39 is 0 Å². The maximum Gasteiger partial charge on any atom is 0.234 e. The van der Waals surface area contributed by atoms with E-state index in [2.05, 4.69) is 24.0 Å². The second kappa shape index (κ2) is 5.28. The van der Waals surface area contributed by atoms with Crippen molar-refractivity contribution in [3.63, 3.8) is 0 Å². The third kappa shape index (κ3) is 2.43. The molecule has 2 heterocycles. The molecule has 4 nitrogen and oxygen atoms in total. The molecule has 2 aromatic carbocycles. The van der Waals surface area contributed by atoms with E-state index in [1.165, 1.54) is 10.5 Å². The second-order valence-electron chi connectivity index (χ2n) is 5.66. The molecular formula is C18H14N2O2S. The highest BCUT2D eigenvalue weighted by molar-refractivity contribution is 7.21. The van der Waals surface area contributed by atoms with E-state index in [1.54, 1.807) is 11.3 Å². The lowest BCUT2D eigenvalue weighted by Gasteiger charge is -2.13. The standard InChI is InChI=1S/C18H14N2O2S/c1-11-2-7-14-15(10-11)23-18(19-14)12-3-5-13(6-4-12)20-16(21)8-9-17(20)22/h2-7,10H,8-9H2,1H3. The van der Waals surface area contributed by atoms with Crippen molar-refractivity contribution in [2.24, 2.45) is 0 Å². The van der Waals surface area contributed by atoms with Gasteiger partial charge in [0.15, 0.2) is 0 Å². The number of thiazole rings is 1. The molecule has 1 fully saturated rings. The largest absolute Gasteiger partial charge is 0.274 e. The molecule has 0 spiro atoms. The predicted octanol–water partition coefficient (Wildman–Crippen LogP) is 3.93. The van der Waals surface area contributed by atoms with E-state index in [0.29, 0.717) is 18.5 Å². The van der Waals surface area contributed by atoms with Crippen molar-refractivity contribution in [2.75, 3.05) is 4.90 Å². The lowest BCUT2D eigenvalue weighted by Crippen LogP contribution is -2.28. The molecule has 1 aliphatic rings. The van der Waals surface area contributed by atoms with Gasteiger partial charge in [0.05, 0.1) is 15.9 Å². The number of nitrogens with zero attached hydrogens (tertiary/aromatic N) is 2. The third-order valence-electron chi connectivity index (χ3n) is 3.97. The molecule has 0 bridgehead atoms. The number of amides is 2. The molecule has 5 heteroatoms. The van der Waals surface area contributed by atoms with Crippen molar-refractivity contribution in [2.45, 2.75) is 19.8 Å². The van der Waals surface area contributed by atoms with E-state index in [-0.39, 0.29) is 11.8 Å². The summed E-state index contributed by atoms with van der Waals surface area (Å²) >= 11 is 1.65. The Morgan fingerprint density at radius 2 is 1.70 bits per heavy atom. The lowest BCUT2D eigenvalue weighted by atomic mass is 10.2.